The molecule has 0 spiro atoms. The van der Waals surface area contributed by atoms with Crippen LogP contribution < -0.4 is 10.5 Å². The predicted octanol–water partition coefficient (Wildman–Crippen LogP) is 2.02. The third kappa shape index (κ3) is 2.61. The van der Waals surface area contributed by atoms with Gasteiger partial charge in [-0.15, -0.1) is 0 Å². The van der Waals surface area contributed by atoms with Gasteiger partial charge in [-0.25, -0.2) is 4.98 Å². The highest BCUT2D eigenvalue weighted by Gasteiger charge is 2.44. The lowest BCUT2D eigenvalue weighted by Crippen LogP contribution is -2.28. The number of methoxy groups -OCH3 is 1. The van der Waals surface area contributed by atoms with Gasteiger partial charge in [0.15, 0.2) is 6.04 Å². The van der Waals surface area contributed by atoms with Crippen molar-refractivity contribution in [3.63, 3.8) is 0 Å². The summed E-state index contributed by atoms with van der Waals surface area (Å²) < 4.78 is 45.3. The highest BCUT2D eigenvalue weighted by molar-refractivity contribution is 5.34. The van der Waals surface area contributed by atoms with Crippen LogP contribution in [0.25, 0.3) is 0 Å². The van der Waals surface area contributed by atoms with Crippen LogP contribution in [-0.2, 0) is 0 Å². The first-order chi connectivity index (χ1) is 8.93. The second-order valence-corrected chi connectivity index (χ2v) is 3.80. The van der Waals surface area contributed by atoms with E-state index >= 15 is 0 Å². The van der Waals surface area contributed by atoms with Crippen LogP contribution in [0.15, 0.2) is 30.7 Å². The fourth-order valence-corrected chi connectivity index (χ4v) is 1.74. The third-order valence-electron chi connectivity index (χ3n) is 2.48. The van der Waals surface area contributed by atoms with E-state index in [1.54, 1.807) is 0 Å². The molecule has 102 valence electrons. The molecule has 2 rings (SSSR count). The van der Waals surface area contributed by atoms with Crippen LogP contribution in [0.3, 0.4) is 0 Å². The van der Waals surface area contributed by atoms with E-state index in [0.717, 1.165) is 17.1 Å². The number of nitrogens with zero attached hydrogens (tertiary/aromatic N) is 3. The summed E-state index contributed by atoms with van der Waals surface area (Å²) in [6.07, 6.45) is -0.922. The van der Waals surface area contributed by atoms with Crippen LogP contribution in [0.5, 0.6) is 5.88 Å². The van der Waals surface area contributed by atoms with Crippen LogP contribution >= 0.6 is 0 Å². The molecule has 8 heteroatoms. The summed E-state index contributed by atoms with van der Waals surface area (Å²) in [6, 6.07) is 0.708. The van der Waals surface area contributed by atoms with Gasteiger partial charge in [-0.3, -0.25) is 4.68 Å². The molecule has 19 heavy (non-hydrogen) atoms. The largest absolute Gasteiger partial charge is 0.481 e. The van der Waals surface area contributed by atoms with Gasteiger partial charge in [0, 0.05) is 18.0 Å². The number of alkyl halides is 3. The minimum Gasteiger partial charge on any atom is -0.481 e. The Kier molecular flexibility index (Phi) is 3.32. The summed E-state index contributed by atoms with van der Waals surface area (Å²) in [5.74, 6) is -0.0982. The van der Waals surface area contributed by atoms with Crippen molar-refractivity contribution >= 4 is 5.69 Å². The molecule has 0 amide bonds. The summed E-state index contributed by atoms with van der Waals surface area (Å²) in [6.45, 7) is 0. The number of nitrogens with two attached hydrogens (primary N) is 1. The van der Waals surface area contributed by atoms with Gasteiger partial charge in [-0.05, 0) is 12.1 Å². The molecule has 2 heterocycles. The summed E-state index contributed by atoms with van der Waals surface area (Å²) in [7, 11) is 1.26. The molecule has 0 aliphatic rings. The number of hydrogen-bond donors (Lipinski definition) is 1. The van der Waals surface area contributed by atoms with Gasteiger partial charge in [0.05, 0.1) is 19.0 Å². The molecule has 2 N–H and O–H groups in total. The Labute approximate surface area is 106 Å². The highest BCUT2D eigenvalue weighted by atomic mass is 19.4. The summed E-state index contributed by atoms with van der Waals surface area (Å²) in [5.41, 5.74) is 5.44. The molecular formula is C11H11F3N4O. The van der Waals surface area contributed by atoms with Crippen molar-refractivity contribution < 1.29 is 17.9 Å². The fourth-order valence-electron chi connectivity index (χ4n) is 1.74. The smallest absolute Gasteiger partial charge is 0.415 e. The van der Waals surface area contributed by atoms with Crippen LogP contribution in [0.2, 0.25) is 0 Å². The number of ether oxygens (including phenoxy) is 1. The molecule has 0 saturated heterocycles. The van der Waals surface area contributed by atoms with Crippen LogP contribution in [0.4, 0.5) is 18.9 Å². The molecule has 0 saturated carbocycles. The van der Waals surface area contributed by atoms with E-state index in [0.29, 0.717) is 0 Å². The van der Waals surface area contributed by atoms with Crippen molar-refractivity contribution in [2.45, 2.75) is 12.2 Å². The molecule has 0 fully saturated rings. The Hall–Kier alpha value is -2.25. The SMILES string of the molecule is COc1ncccc1C(n1cc(N)cn1)C(F)(F)F. The fraction of sp³-hybridized carbons (Fsp3) is 0.273. The second-order valence-electron chi connectivity index (χ2n) is 3.80. The number of hydrogen-bond acceptors (Lipinski definition) is 4. The van der Waals surface area contributed by atoms with Gasteiger partial charge < -0.3 is 10.5 Å². The molecule has 1 atom stereocenters. The van der Waals surface area contributed by atoms with Gasteiger partial charge in [0.25, 0.3) is 0 Å². The van der Waals surface area contributed by atoms with E-state index in [4.69, 9.17) is 10.5 Å². The van der Waals surface area contributed by atoms with Crippen LogP contribution in [0.1, 0.15) is 11.6 Å². The van der Waals surface area contributed by atoms with E-state index in [-0.39, 0.29) is 17.1 Å². The van der Waals surface area contributed by atoms with Crippen molar-refractivity contribution in [1.29, 1.82) is 0 Å². The monoisotopic (exact) mass is 272 g/mol. The van der Waals surface area contributed by atoms with Crippen molar-refractivity contribution in [3.8, 4) is 5.88 Å². The second kappa shape index (κ2) is 4.79. The van der Waals surface area contributed by atoms with Crippen LogP contribution in [-0.4, -0.2) is 28.1 Å². The van der Waals surface area contributed by atoms with Crippen molar-refractivity contribution in [2.24, 2.45) is 0 Å². The topological polar surface area (TPSA) is 66.0 Å². The van der Waals surface area contributed by atoms with E-state index in [1.807, 2.05) is 0 Å². The average molecular weight is 272 g/mol. The minimum atomic E-state index is -4.55. The average Bonchev–Trinajstić information content (AvgIpc) is 2.74. The first kappa shape index (κ1) is 13.2. The Balaban J connectivity index is 2.56. The first-order valence-electron chi connectivity index (χ1n) is 5.28. The zero-order chi connectivity index (χ0) is 14.0. The van der Waals surface area contributed by atoms with E-state index < -0.39 is 12.2 Å². The van der Waals surface area contributed by atoms with Crippen molar-refractivity contribution in [1.82, 2.24) is 14.8 Å². The summed E-state index contributed by atoms with van der Waals surface area (Å²) in [5, 5.41) is 3.62. The molecule has 0 aliphatic heterocycles. The minimum absolute atomic E-state index is 0.0982. The molecule has 0 aromatic carbocycles. The zero-order valence-corrected chi connectivity index (χ0v) is 9.93. The van der Waals surface area contributed by atoms with Gasteiger partial charge in [-0.1, -0.05) is 0 Å². The lowest BCUT2D eigenvalue weighted by Gasteiger charge is -2.22. The number of nitrogen functional groups attached to an aromatic ring is 1. The number of halogens is 3. The number of rotatable bonds is 3. The quantitative estimate of drug-likeness (QED) is 0.928. The Morgan fingerprint density at radius 1 is 1.42 bits per heavy atom. The molecule has 1 unspecified atom stereocenters. The number of pyridine rings is 1. The number of anilines is 1. The van der Waals surface area contributed by atoms with Gasteiger partial charge >= 0.3 is 6.18 Å². The van der Waals surface area contributed by atoms with Crippen molar-refractivity contribution in [3.05, 3.63) is 36.3 Å². The molecule has 0 radical (unpaired) electrons. The lowest BCUT2D eigenvalue weighted by molar-refractivity contribution is -0.159. The first-order valence-corrected chi connectivity index (χ1v) is 5.28. The molecular weight excluding hydrogens is 261 g/mol. The molecule has 5 nitrogen and oxygen atoms in total. The standard InChI is InChI=1S/C11H11F3N4O/c1-19-10-8(3-2-4-16-10)9(11(12,13)14)18-6-7(15)5-17-18/h2-6,9H,15H2,1H3. The molecule has 0 bridgehead atoms. The lowest BCUT2D eigenvalue weighted by atomic mass is 10.1. The van der Waals surface area contributed by atoms with Crippen LogP contribution in [0, 0.1) is 0 Å². The summed E-state index contributed by atoms with van der Waals surface area (Å²) >= 11 is 0. The van der Waals surface area contributed by atoms with E-state index in [1.165, 1.54) is 25.4 Å². The highest BCUT2D eigenvalue weighted by Crippen LogP contribution is 2.39. The Morgan fingerprint density at radius 3 is 2.68 bits per heavy atom. The predicted molar refractivity (Wildman–Crippen MR) is 61.6 cm³/mol. The Bertz CT molecular complexity index is 567. The van der Waals surface area contributed by atoms with E-state index in [9.17, 15) is 13.2 Å². The third-order valence-corrected chi connectivity index (χ3v) is 2.48. The maximum absolute atomic E-state index is 13.2. The Morgan fingerprint density at radius 2 is 2.16 bits per heavy atom. The van der Waals surface area contributed by atoms with Gasteiger partial charge in [0.1, 0.15) is 0 Å². The molecule has 0 aliphatic carbocycles. The van der Waals surface area contributed by atoms with Gasteiger partial charge in [-0.2, -0.15) is 18.3 Å². The normalized spacial score (nSPS) is 13.3. The molecule has 2 aromatic rings. The maximum atomic E-state index is 13.2. The zero-order valence-electron chi connectivity index (χ0n) is 9.93. The van der Waals surface area contributed by atoms with E-state index in [2.05, 4.69) is 10.1 Å². The number of aromatic nitrogens is 3. The molecule has 2 aromatic heterocycles. The summed E-state index contributed by atoms with van der Waals surface area (Å²) in [4.78, 5) is 3.77. The van der Waals surface area contributed by atoms with Crippen molar-refractivity contribution in [2.75, 3.05) is 12.8 Å². The van der Waals surface area contributed by atoms with Gasteiger partial charge in [0.2, 0.25) is 5.88 Å². The maximum Gasteiger partial charge on any atom is 0.415 e.